The van der Waals surface area contributed by atoms with Gasteiger partial charge >= 0.3 is 0 Å². The maximum Gasteiger partial charge on any atom is 0.243 e. The summed E-state index contributed by atoms with van der Waals surface area (Å²) in [5.41, 5.74) is 0.105. The second-order valence-corrected chi connectivity index (χ2v) is 7.17. The summed E-state index contributed by atoms with van der Waals surface area (Å²) in [6, 6.07) is 1.63. The number of halogens is 3. The highest BCUT2D eigenvalue weighted by Crippen LogP contribution is 2.19. The van der Waals surface area contributed by atoms with E-state index in [1.807, 2.05) is 0 Å². The van der Waals surface area contributed by atoms with Crippen LogP contribution in [0.5, 0.6) is 0 Å². The zero-order chi connectivity index (χ0) is 15.5. The first-order valence-corrected chi connectivity index (χ1v) is 8.54. The molecule has 1 atom stereocenters. The van der Waals surface area contributed by atoms with E-state index in [0.717, 1.165) is 32.0 Å². The third-order valence-corrected chi connectivity index (χ3v) is 5.22. The van der Waals surface area contributed by atoms with Gasteiger partial charge in [0.05, 0.1) is 0 Å². The molecule has 22 heavy (non-hydrogen) atoms. The Morgan fingerprint density at radius 2 is 2.05 bits per heavy atom. The molecular formula is C14H21ClF2N2O2S. The van der Waals surface area contributed by atoms with E-state index in [1.165, 1.54) is 6.92 Å². The maximum atomic E-state index is 13.6. The normalized spacial score (nSPS) is 18.8. The molecule has 1 aliphatic heterocycles. The second-order valence-electron chi connectivity index (χ2n) is 5.43. The first kappa shape index (κ1) is 19.3. The minimum atomic E-state index is -3.94. The Balaban J connectivity index is 0.00000242. The highest BCUT2D eigenvalue weighted by Gasteiger charge is 2.21. The second kappa shape index (κ2) is 8.19. The Bertz CT molecular complexity index is 605. The zero-order valence-electron chi connectivity index (χ0n) is 12.4. The first-order valence-electron chi connectivity index (χ1n) is 7.06. The Hall–Kier alpha value is -0.760. The SMILES string of the molecule is Cc1cc(S(=O)(=O)NCCC2CCCNC2)c(F)cc1F.Cl. The van der Waals surface area contributed by atoms with Crippen LogP contribution < -0.4 is 10.0 Å². The van der Waals surface area contributed by atoms with Crippen LogP contribution in [0.2, 0.25) is 0 Å². The van der Waals surface area contributed by atoms with Crippen molar-refractivity contribution in [2.24, 2.45) is 5.92 Å². The summed E-state index contributed by atoms with van der Waals surface area (Å²) in [6.07, 6.45) is 2.86. The van der Waals surface area contributed by atoms with Gasteiger partial charge in [0.15, 0.2) is 0 Å². The lowest BCUT2D eigenvalue weighted by molar-refractivity contribution is 0.358. The van der Waals surface area contributed by atoms with Gasteiger partial charge in [-0.3, -0.25) is 0 Å². The van der Waals surface area contributed by atoms with Crippen LogP contribution in [0.1, 0.15) is 24.8 Å². The lowest BCUT2D eigenvalue weighted by atomic mass is 9.96. The van der Waals surface area contributed by atoms with E-state index < -0.39 is 26.6 Å². The fourth-order valence-electron chi connectivity index (χ4n) is 2.48. The van der Waals surface area contributed by atoms with Crippen molar-refractivity contribution < 1.29 is 17.2 Å². The first-order chi connectivity index (χ1) is 9.90. The molecular weight excluding hydrogens is 334 g/mol. The number of rotatable bonds is 5. The fourth-order valence-corrected chi connectivity index (χ4v) is 3.67. The molecule has 0 amide bonds. The van der Waals surface area contributed by atoms with Gasteiger partial charge in [0, 0.05) is 12.6 Å². The minimum Gasteiger partial charge on any atom is -0.316 e. The number of hydrogen-bond acceptors (Lipinski definition) is 3. The van der Waals surface area contributed by atoms with Gasteiger partial charge in [-0.15, -0.1) is 12.4 Å². The molecule has 1 aromatic carbocycles. The van der Waals surface area contributed by atoms with Crippen LogP contribution in [-0.2, 0) is 10.0 Å². The summed E-state index contributed by atoms with van der Waals surface area (Å²) < 4.78 is 53.3. The summed E-state index contributed by atoms with van der Waals surface area (Å²) >= 11 is 0. The van der Waals surface area contributed by atoms with Crippen LogP contribution in [0.15, 0.2) is 17.0 Å². The molecule has 0 aromatic heterocycles. The molecule has 1 heterocycles. The molecule has 0 saturated carbocycles. The predicted octanol–water partition coefficient (Wildman–Crippen LogP) is 2.36. The Labute approximate surface area is 136 Å². The van der Waals surface area contributed by atoms with Crippen molar-refractivity contribution in [2.45, 2.75) is 31.1 Å². The molecule has 0 bridgehead atoms. The van der Waals surface area contributed by atoms with Gasteiger partial charge in [-0.1, -0.05) is 0 Å². The Morgan fingerprint density at radius 1 is 1.32 bits per heavy atom. The van der Waals surface area contributed by atoms with Crippen molar-refractivity contribution in [3.63, 3.8) is 0 Å². The highest BCUT2D eigenvalue weighted by atomic mass is 35.5. The van der Waals surface area contributed by atoms with Crippen molar-refractivity contribution in [2.75, 3.05) is 19.6 Å². The Kier molecular flexibility index (Phi) is 7.18. The van der Waals surface area contributed by atoms with Gasteiger partial charge in [-0.2, -0.15) is 0 Å². The third kappa shape index (κ3) is 4.87. The molecule has 0 aliphatic carbocycles. The monoisotopic (exact) mass is 354 g/mol. The summed E-state index contributed by atoms with van der Waals surface area (Å²) in [5, 5.41) is 3.26. The number of nitrogens with one attached hydrogen (secondary N) is 2. The molecule has 1 aliphatic rings. The molecule has 2 rings (SSSR count). The number of hydrogen-bond donors (Lipinski definition) is 2. The van der Waals surface area contributed by atoms with Gasteiger partial charge in [0.1, 0.15) is 16.5 Å². The van der Waals surface area contributed by atoms with Crippen LogP contribution in [0.3, 0.4) is 0 Å². The molecule has 1 aromatic rings. The predicted molar refractivity (Wildman–Crippen MR) is 83.7 cm³/mol. The lowest BCUT2D eigenvalue weighted by Gasteiger charge is -2.22. The smallest absolute Gasteiger partial charge is 0.243 e. The van der Waals surface area contributed by atoms with E-state index in [0.29, 0.717) is 18.4 Å². The molecule has 4 nitrogen and oxygen atoms in total. The lowest BCUT2D eigenvalue weighted by Crippen LogP contribution is -2.33. The maximum absolute atomic E-state index is 13.6. The van der Waals surface area contributed by atoms with Crippen molar-refractivity contribution in [1.29, 1.82) is 0 Å². The van der Waals surface area contributed by atoms with E-state index in [-0.39, 0.29) is 24.5 Å². The van der Waals surface area contributed by atoms with Crippen LogP contribution in [-0.4, -0.2) is 28.1 Å². The van der Waals surface area contributed by atoms with Gasteiger partial charge in [-0.25, -0.2) is 21.9 Å². The van der Waals surface area contributed by atoms with E-state index in [4.69, 9.17) is 0 Å². The van der Waals surface area contributed by atoms with Crippen LogP contribution in [0, 0.1) is 24.5 Å². The van der Waals surface area contributed by atoms with Gasteiger partial charge in [0.25, 0.3) is 0 Å². The highest BCUT2D eigenvalue weighted by molar-refractivity contribution is 7.89. The van der Waals surface area contributed by atoms with Gasteiger partial charge < -0.3 is 5.32 Å². The summed E-state index contributed by atoms with van der Waals surface area (Å²) in [7, 11) is -3.94. The van der Waals surface area contributed by atoms with Crippen molar-refractivity contribution in [1.82, 2.24) is 10.0 Å². The van der Waals surface area contributed by atoms with Crippen LogP contribution >= 0.6 is 12.4 Å². The summed E-state index contributed by atoms with van der Waals surface area (Å²) in [6.45, 7) is 3.54. The van der Waals surface area contributed by atoms with Crippen LogP contribution in [0.25, 0.3) is 0 Å². The minimum absolute atomic E-state index is 0. The summed E-state index contributed by atoms with van der Waals surface area (Å²) in [4.78, 5) is -0.497. The van der Waals surface area contributed by atoms with E-state index in [9.17, 15) is 17.2 Å². The topological polar surface area (TPSA) is 58.2 Å². The zero-order valence-corrected chi connectivity index (χ0v) is 14.0. The van der Waals surface area contributed by atoms with Gasteiger partial charge in [-0.05, 0) is 56.8 Å². The number of sulfonamides is 1. The van der Waals surface area contributed by atoms with Crippen LogP contribution in [0.4, 0.5) is 8.78 Å². The van der Waals surface area contributed by atoms with E-state index in [1.54, 1.807) is 0 Å². The standard InChI is InChI=1S/C14H20F2N2O2S.ClH/c1-10-7-14(13(16)8-12(10)15)21(19,20)18-6-4-11-3-2-5-17-9-11;/h7-8,11,17-18H,2-6,9H2,1H3;1H. The largest absolute Gasteiger partial charge is 0.316 e. The average Bonchev–Trinajstić information content (AvgIpc) is 2.43. The summed E-state index contributed by atoms with van der Waals surface area (Å²) in [5.74, 6) is -1.38. The molecule has 8 heteroatoms. The number of piperidine rings is 1. The number of aryl methyl sites for hydroxylation is 1. The third-order valence-electron chi connectivity index (χ3n) is 3.75. The van der Waals surface area contributed by atoms with Crippen molar-refractivity contribution >= 4 is 22.4 Å². The van der Waals surface area contributed by atoms with Crippen molar-refractivity contribution in [3.8, 4) is 0 Å². The fraction of sp³-hybridized carbons (Fsp3) is 0.571. The molecule has 0 radical (unpaired) electrons. The van der Waals surface area contributed by atoms with Gasteiger partial charge in [0.2, 0.25) is 10.0 Å². The Morgan fingerprint density at radius 3 is 2.68 bits per heavy atom. The molecule has 1 unspecified atom stereocenters. The molecule has 0 spiro atoms. The molecule has 126 valence electrons. The molecule has 1 saturated heterocycles. The van der Waals surface area contributed by atoms with Crippen molar-refractivity contribution in [3.05, 3.63) is 29.3 Å². The van der Waals surface area contributed by atoms with E-state index >= 15 is 0 Å². The molecule has 1 fully saturated rings. The average molecular weight is 355 g/mol. The molecule has 2 N–H and O–H groups in total. The number of benzene rings is 1. The van der Waals surface area contributed by atoms with E-state index in [2.05, 4.69) is 10.0 Å². The quantitative estimate of drug-likeness (QED) is 0.853.